The highest BCUT2D eigenvalue weighted by Gasteiger charge is 2.03. The van der Waals surface area contributed by atoms with Crippen LogP contribution in [0.4, 0.5) is 5.69 Å². The number of anilines is 1. The van der Waals surface area contributed by atoms with Gasteiger partial charge in [0.25, 0.3) is 0 Å². The van der Waals surface area contributed by atoms with Crippen molar-refractivity contribution in [1.29, 1.82) is 10.5 Å². The number of nitriles is 2. The minimum Gasteiger partial charge on any atom is -0.359 e. The molecule has 0 atom stereocenters. The standard InChI is InChI=1S/C13H7BrN4/c14-12-1-2-13(18-7-9(5-15)6-16)10-3-4-17-8-11(10)12/h1-4,7-8,18H. The molecule has 0 spiro atoms. The topological polar surface area (TPSA) is 72.5 Å². The minimum atomic E-state index is 0.0279. The SMILES string of the molecule is N#CC(C#N)=CNc1ccc(Br)c2cnccc12. The highest BCUT2D eigenvalue weighted by Crippen LogP contribution is 2.29. The molecule has 0 aliphatic heterocycles. The monoisotopic (exact) mass is 298 g/mol. The first-order chi connectivity index (χ1) is 8.76. The summed E-state index contributed by atoms with van der Waals surface area (Å²) in [6.07, 6.45) is 4.84. The van der Waals surface area contributed by atoms with E-state index in [9.17, 15) is 0 Å². The van der Waals surface area contributed by atoms with Crippen molar-refractivity contribution in [2.75, 3.05) is 5.32 Å². The summed E-state index contributed by atoms with van der Waals surface area (Å²) in [7, 11) is 0. The molecule has 1 aromatic carbocycles. The third-order valence-electron chi connectivity index (χ3n) is 2.38. The van der Waals surface area contributed by atoms with Crippen LogP contribution in [0, 0.1) is 22.7 Å². The molecule has 0 amide bonds. The van der Waals surface area contributed by atoms with Crippen LogP contribution in [0.25, 0.3) is 10.8 Å². The zero-order valence-corrected chi connectivity index (χ0v) is 10.8. The summed E-state index contributed by atoms with van der Waals surface area (Å²) in [6.45, 7) is 0. The number of aromatic nitrogens is 1. The van der Waals surface area contributed by atoms with Gasteiger partial charge in [0, 0.05) is 39.5 Å². The van der Waals surface area contributed by atoms with E-state index in [1.807, 2.05) is 18.2 Å². The van der Waals surface area contributed by atoms with Crippen molar-refractivity contribution in [3.8, 4) is 12.1 Å². The molecule has 1 heterocycles. The zero-order chi connectivity index (χ0) is 13.0. The number of rotatable bonds is 2. The number of nitrogens with zero attached hydrogens (tertiary/aromatic N) is 3. The molecule has 2 rings (SSSR count). The third kappa shape index (κ3) is 2.32. The normalized spacial score (nSPS) is 9.28. The Morgan fingerprint density at radius 3 is 2.72 bits per heavy atom. The number of benzene rings is 1. The smallest absolute Gasteiger partial charge is 0.145 e. The van der Waals surface area contributed by atoms with Crippen molar-refractivity contribution >= 4 is 32.4 Å². The lowest BCUT2D eigenvalue weighted by Crippen LogP contribution is -1.91. The Labute approximate surface area is 112 Å². The van der Waals surface area contributed by atoms with Crippen molar-refractivity contribution < 1.29 is 0 Å². The highest BCUT2D eigenvalue weighted by atomic mass is 79.9. The Kier molecular flexibility index (Phi) is 3.57. The number of allylic oxidation sites excluding steroid dienone is 1. The molecule has 18 heavy (non-hydrogen) atoms. The van der Waals surface area contributed by atoms with Crippen molar-refractivity contribution in [3.63, 3.8) is 0 Å². The maximum atomic E-state index is 8.66. The second kappa shape index (κ2) is 5.31. The molecule has 0 saturated carbocycles. The summed E-state index contributed by atoms with van der Waals surface area (Å²) in [5.74, 6) is 0. The van der Waals surface area contributed by atoms with Crippen LogP contribution in [-0.2, 0) is 0 Å². The molecule has 0 unspecified atom stereocenters. The van der Waals surface area contributed by atoms with Crippen molar-refractivity contribution in [2.45, 2.75) is 0 Å². The number of fused-ring (bicyclic) bond motifs is 1. The molecule has 0 aliphatic rings. The van der Waals surface area contributed by atoms with Crippen LogP contribution in [0.15, 0.2) is 46.8 Å². The molecule has 0 radical (unpaired) electrons. The van der Waals surface area contributed by atoms with Crippen molar-refractivity contribution in [3.05, 3.63) is 46.8 Å². The summed E-state index contributed by atoms with van der Waals surface area (Å²) in [4.78, 5) is 4.06. The Balaban J connectivity index is 2.48. The average Bonchev–Trinajstić information content (AvgIpc) is 2.42. The van der Waals surface area contributed by atoms with Gasteiger partial charge < -0.3 is 5.32 Å². The van der Waals surface area contributed by atoms with Crippen LogP contribution in [0.3, 0.4) is 0 Å². The van der Waals surface area contributed by atoms with E-state index in [-0.39, 0.29) is 5.57 Å². The summed E-state index contributed by atoms with van der Waals surface area (Å²) in [5.41, 5.74) is 0.846. The number of hydrogen-bond acceptors (Lipinski definition) is 4. The van der Waals surface area contributed by atoms with E-state index in [0.29, 0.717) is 0 Å². The van der Waals surface area contributed by atoms with Gasteiger partial charge in [-0.1, -0.05) is 15.9 Å². The highest BCUT2D eigenvalue weighted by molar-refractivity contribution is 9.10. The van der Waals surface area contributed by atoms with Gasteiger partial charge in [0.05, 0.1) is 0 Å². The van der Waals surface area contributed by atoms with Crippen LogP contribution in [-0.4, -0.2) is 4.98 Å². The second-order valence-electron chi connectivity index (χ2n) is 3.44. The first-order valence-corrected chi connectivity index (χ1v) is 5.84. The molecule has 86 valence electrons. The fourth-order valence-corrected chi connectivity index (χ4v) is 1.97. The molecule has 1 N–H and O–H groups in total. The molecular weight excluding hydrogens is 292 g/mol. The van der Waals surface area contributed by atoms with E-state index in [1.165, 1.54) is 6.20 Å². The molecule has 2 aromatic rings. The summed E-state index contributed by atoms with van der Waals surface area (Å²) in [6, 6.07) is 9.22. The van der Waals surface area contributed by atoms with Crippen LogP contribution in [0.1, 0.15) is 0 Å². The molecule has 5 heteroatoms. The quantitative estimate of drug-likeness (QED) is 0.863. The van der Waals surface area contributed by atoms with Gasteiger partial charge in [0.1, 0.15) is 17.7 Å². The Hall–Kier alpha value is -2.37. The van der Waals surface area contributed by atoms with Gasteiger partial charge in [-0.3, -0.25) is 4.98 Å². The maximum absolute atomic E-state index is 8.66. The Morgan fingerprint density at radius 1 is 1.22 bits per heavy atom. The fourth-order valence-electron chi connectivity index (χ4n) is 1.52. The number of hydrogen-bond donors (Lipinski definition) is 1. The number of halogens is 1. The van der Waals surface area contributed by atoms with Crippen molar-refractivity contribution in [2.24, 2.45) is 0 Å². The van der Waals surface area contributed by atoms with Gasteiger partial charge >= 0.3 is 0 Å². The molecule has 0 bridgehead atoms. The Bertz CT molecular complexity index is 691. The van der Waals surface area contributed by atoms with Gasteiger partial charge in [-0.25, -0.2) is 0 Å². The third-order valence-corrected chi connectivity index (χ3v) is 3.07. The van der Waals surface area contributed by atoms with E-state index in [1.54, 1.807) is 24.5 Å². The maximum Gasteiger partial charge on any atom is 0.145 e. The van der Waals surface area contributed by atoms with Crippen LogP contribution >= 0.6 is 15.9 Å². The second-order valence-corrected chi connectivity index (χ2v) is 4.30. The first-order valence-electron chi connectivity index (χ1n) is 5.05. The predicted octanol–water partition coefficient (Wildman–Crippen LogP) is 3.34. The van der Waals surface area contributed by atoms with E-state index in [2.05, 4.69) is 26.2 Å². The Morgan fingerprint density at radius 2 is 2.00 bits per heavy atom. The number of pyridine rings is 1. The summed E-state index contributed by atoms with van der Waals surface area (Å²) < 4.78 is 0.945. The molecule has 0 fully saturated rings. The molecule has 1 aromatic heterocycles. The van der Waals surface area contributed by atoms with E-state index >= 15 is 0 Å². The van der Waals surface area contributed by atoms with E-state index < -0.39 is 0 Å². The molecular formula is C13H7BrN4. The molecule has 4 nitrogen and oxygen atoms in total. The van der Waals surface area contributed by atoms with Gasteiger partial charge in [0.2, 0.25) is 0 Å². The lowest BCUT2D eigenvalue weighted by atomic mass is 10.1. The minimum absolute atomic E-state index is 0.0279. The van der Waals surface area contributed by atoms with Gasteiger partial charge in [-0.15, -0.1) is 0 Å². The summed E-state index contributed by atoms with van der Waals surface area (Å²) in [5, 5.41) is 22.2. The lowest BCUT2D eigenvalue weighted by molar-refractivity contribution is 1.36. The van der Waals surface area contributed by atoms with Gasteiger partial charge in [-0.05, 0) is 18.2 Å². The summed E-state index contributed by atoms with van der Waals surface area (Å²) >= 11 is 3.45. The largest absolute Gasteiger partial charge is 0.359 e. The number of nitrogens with one attached hydrogen (secondary N) is 1. The lowest BCUT2D eigenvalue weighted by Gasteiger charge is -2.07. The van der Waals surface area contributed by atoms with Crippen molar-refractivity contribution in [1.82, 2.24) is 4.98 Å². The zero-order valence-electron chi connectivity index (χ0n) is 9.18. The average molecular weight is 299 g/mol. The van der Waals surface area contributed by atoms with Crippen LogP contribution < -0.4 is 5.32 Å². The van der Waals surface area contributed by atoms with E-state index in [4.69, 9.17) is 10.5 Å². The fraction of sp³-hybridized carbons (Fsp3) is 0. The first kappa shape index (κ1) is 12.1. The molecule has 0 aliphatic carbocycles. The molecule has 0 saturated heterocycles. The van der Waals surface area contributed by atoms with Crippen LogP contribution in [0.5, 0.6) is 0 Å². The van der Waals surface area contributed by atoms with Gasteiger partial charge in [0.15, 0.2) is 0 Å². The van der Waals surface area contributed by atoms with E-state index in [0.717, 1.165) is 20.9 Å². The van der Waals surface area contributed by atoms with Gasteiger partial charge in [-0.2, -0.15) is 10.5 Å². The predicted molar refractivity (Wildman–Crippen MR) is 72.4 cm³/mol. The van der Waals surface area contributed by atoms with Crippen LogP contribution in [0.2, 0.25) is 0 Å².